The number of phenols is 1. The summed E-state index contributed by atoms with van der Waals surface area (Å²) in [5.74, 6) is -0.918. The SMILES string of the molecule is COc1cc(C)c(O)cc1S(=O)(=O)CCOS(=O)(=O)O. The van der Waals surface area contributed by atoms with Crippen molar-refractivity contribution in [3.8, 4) is 11.5 Å². The molecule has 2 N–H and O–H groups in total. The third kappa shape index (κ3) is 4.34. The fourth-order valence-electron chi connectivity index (χ4n) is 1.41. The van der Waals surface area contributed by atoms with Gasteiger partial charge in [-0.05, 0) is 18.6 Å². The lowest BCUT2D eigenvalue weighted by Gasteiger charge is -2.11. The molecule has 0 saturated heterocycles. The van der Waals surface area contributed by atoms with Gasteiger partial charge in [-0.2, -0.15) is 8.42 Å². The number of ether oxygens (including phenoxy) is 1. The van der Waals surface area contributed by atoms with Crippen molar-refractivity contribution in [1.29, 1.82) is 0 Å². The molecule has 0 heterocycles. The quantitative estimate of drug-likeness (QED) is 0.715. The van der Waals surface area contributed by atoms with E-state index in [2.05, 4.69) is 4.18 Å². The van der Waals surface area contributed by atoms with Crippen molar-refractivity contribution >= 4 is 20.2 Å². The summed E-state index contributed by atoms with van der Waals surface area (Å²) < 4.78 is 62.0. The van der Waals surface area contributed by atoms with Crippen LogP contribution in [-0.2, 0) is 24.4 Å². The van der Waals surface area contributed by atoms with Crippen LogP contribution in [0.3, 0.4) is 0 Å². The third-order valence-corrected chi connectivity index (χ3v) is 4.56. The van der Waals surface area contributed by atoms with Gasteiger partial charge < -0.3 is 9.84 Å². The largest absolute Gasteiger partial charge is 0.508 e. The van der Waals surface area contributed by atoms with Crippen LogP contribution in [-0.4, -0.2) is 46.0 Å². The molecule has 114 valence electrons. The molecule has 0 spiro atoms. The Morgan fingerprint density at radius 2 is 1.80 bits per heavy atom. The van der Waals surface area contributed by atoms with Crippen LogP contribution >= 0.6 is 0 Å². The minimum atomic E-state index is -4.70. The van der Waals surface area contributed by atoms with Crippen LogP contribution in [0.25, 0.3) is 0 Å². The molecule has 0 unspecified atom stereocenters. The van der Waals surface area contributed by atoms with E-state index in [0.717, 1.165) is 6.07 Å². The van der Waals surface area contributed by atoms with Gasteiger partial charge in [-0.1, -0.05) is 0 Å². The topological polar surface area (TPSA) is 127 Å². The Morgan fingerprint density at radius 1 is 1.20 bits per heavy atom. The lowest BCUT2D eigenvalue weighted by atomic mass is 10.2. The van der Waals surface area contributed by atoms with Crippen LogP contribution in [0.15, 0.2) is 17.0 Å². The molecule has 1 aromatic rings. The summed E-state index contributed by atoms with van der Waals surface area (Å²) >= 11 is 0. The van der Waals surface area contributed by atoms with Crippen molar-refractivity contribution in [2.45, 2.75) is 11.8 Å². The molecule has 20 heavy (non-hydrogen) atoms. The zero-order valence-corrected chi connectivity index (χ0v) is 12.4. The molecule has 0 aromatic heterocycles. The molecule has 0 radical (unpaired) electrons. The second-order valence-corrected chi connectivity index (χ2v) is 7.03. The standard InChI is InChI=1S/C10H14O8S2/c1-7-5-9(17-2)10(6-8(7)11)19(12,13)4-3-18-20(14,15)16/h5-6,11H,3-4H2,1-2H3,(H,14,15,16). The molecule has 1 rings (SSSR count). The predicted octanol–water partition coefficient (Wildman–Crippen LogP) is 0.302. The number of benzene rings is 1. The summed E-state index contributed by atoms with van der Waals surface area (Å²) in [5, 5.41) is 9.55. The normalized spacial score (nSPS) is 12.3. The van der Waals surface area contributed by atoms with Crippen molar-refractivity contribution in [3.63, 3.8) is 0 Å². The van der Waals surface area contributed by atoms with Gasteiger partial charge in [-0.15, -0.1) is 0 Å². The zero-order valence-electron chi connectivity index (χ0n) is 10.7. The minimum absolute atomic E-state index is 0.0205. The highest BCUT2D eigenvalue weighted by molar-refractivity contribution is 7.91. The predicted molar refractivity (Wildman–Crippen MR) is 68.9 cm³/mol. The summed E-state index contributed by atoms with van der Waals surface area (Å²) in [4.78, 5) is -0.290. The van der Waals surface area contributed by atoms with Gasteiger partial charge in [0.05, 0.1) is 19.5 Å². The summed E-state index contributed by atoms with van der Waals surface area (Å²) in [6, 6.07) is 2.35. The van der Waals surface area contributed by atoms with Crippen LogP contribution in [0.4, 0.5) is 0 Å². The Morgan fingerprint density at radius 3 is 2.30 bits per heavy atom. The van der Waals surface area contributed by atoms with Gasteiger partial charge in [-0.3, -0.25) is 4.55 Å². The Labute approximate surface area is 116 Å². The minimum Gasteiger partial charge on any atom is -0.508 e. The highest BCUT2D eigenvalue weighted by Crippen LogP contribution is 2.31. The number of methoxy groups -OCH3 is 1. The van der Waals surface area contributed by atoms with Crippen LogP contribution in [0.5, 0.6) is 11.5 Å². The molecular weight excluding hydrogens is 312 g/mol. The zero-order chi connectivity index (χ0) is 15.6. The van der Waals surface area contributed by atoms with Gasteiger partial charge in [0.2, 0.25) is 0 Å². The van der Waals surface area contributed by atoms with E-state index in [1.54, 1.807) is 6.92 Å². The lowest BCUT2D eigenvalue weighted by molar-refractivity contribution is 0.284. The van der Waals surface area contributed by atoms with Gasteiger partial charge in [-0.25, -0.2) is 12.6 Å². The second-order valence-electron chi connectivity index (χ2n) is 3.86. The van der Waals surface area contributed by atoms with E-state index in [4.69, 9.17) is 9.29 Å². The Hall–Kier alpha value is -1.36. The number of phenolic OH excluding ortho intramolecular Hbond substituents is 1. The number of hydrogen-bond donors (Lipinski definition) is 2. The molecule has 0 amide bonds. The van der Waals surface area contributed by atoms with Gasteiger partial charge in [0, 0.05) is 6.07 Å². The van der Waals surface area contributed by atoms with Crippen molar-refractivity contribution in [1.82, 2.24) is 0 Å². The maximum absolute atomic E-state index is 12.0. The molecule has 0 aliphatic carbocycles. The first-order chi connectivity index (χ1) is 9.07. The maximum Gasteiger partial charge on any atom is 0.397 e. The van der Waals surface area contributed by atoms with Gasteiger partial charge in [0.15, 0.2) is 9.84 Å². The monoisotopic (exact) mass is 326 g/mol. The fraction of sp³-hybridized carbons (Fsp3) is 0.400. The average Bonchev–Trinajstić information content (AvgIpc) is 2.29. The molecular formula is C10H14O8S2. The summed E-state index contributed by atoms with van der Waals surface area (Å²) in [5.41, 5.74) is 0.426. The summed E-state index contributed by atoms with van der Waals surface area (Å²) in [6.07, 6.45) is 0. The molecule has 0 aliphatic rings. The molecule has 0 atom stereocenters. The van der Waals surface area contributed by atoms with Gasteiger partial charge >= 0.3 is 10.4 Å². The molecule has 0 fully saturated rings. The summed E-state index contributed by atoms with van der Waals surface area (Å²) in [6.45, 7) is 0.814. The Bertz CT molecular complexity index is 690. The second kappa shape index (κ2) is 5.95. The fourth-order valence-corrected chi connectivity index (χ4v) is 3.07. The van der Waals surface area contributed by atoms with Crippen LogP contribution in [0, 0.1) is 6.92 Å². The van der Waals surface area contributed by atoms with E-state index < -0.39 is 32.6 Å². The third-order valence-electron chi connectivity index (χ3n) is 2.40. The van der Waals surface area contributed by atoms with Crippen molar-refractivity contribution in [3.05, 3.63) is 17.7 Å². The van der Waals surface area contributed by atoms with Crippen molar-refractivity contribution in [2.24, 2.45) is 0 Å². The first-order valence-electron chi connectivity index (χ1n) is 5.29. The number of hydrogen-bond acceptors (Lipinski definition) is 7. The molecule has 0 bridgehead atoms. The van der Waals surface area contributed by atoms with E-state index in [0.29, 0.717) is 5.56 Å². The van der Waals surface area contributed by atoms with E-state index in [-0.39, 0.29) is 16.4 Å². The van der Waals surface area contributed by atoms with Gasteiger partial charge in [0.25, 0.3) is 0 Å². The van der Waals surface area contributed by atoms with E-state index in [9.17, 15) is 21.9 Å². The Balaban J connectivity index is 3.06. The molecule has 1 aromatic carbocycles. The van der Waals surface area contributed by atoms with E-state index in [1.165, 1.54) is 13.2 Å². The molecule has 0 aliphatic heterocycles. The van der Waals surface area contributed by atoms with Crippen LogP contribution in [0.1, 0.15) is 5.56 Å². The van der Waals surface area contributed by atoms with E-state index in [1.807, 2.05) is 0 Å². The highest BCUT2D eigenvalue weighted by Gasteiger charge is 2.22. The number of sulfone groups is 1. The van der Waals surface area contributed by atoms with Crippen molar-refractivity contribution in [2.75, 3.05) is 19.5 Å². The van der Waals surface area contributed by atoms with E-state index >= 15 is 0 Å². The Kier molecular flexibility index (Phi) is 4.97. The van der Waals surface area contributed by atoms with Crippen LogP contribution in [0.2, 0.25) is 0 Å². The lowest BCUT2D eigenvalue weighted by Crippen LogP contribution is -2.16. The maximum atomic E-state index is 12.0. The average molecular weight is 326 g/mol. The highest BCUT2D eigenvalue weighted by atomic mass is 32.3. The smallest absolute Gasteiger partial charge is 0.397 e. The van der Waals surface area contributed by atoms with Crippen molar-refractivity contribution < 1.29 is 35.4 Å². The van der Waals surface area contributed by atoms with Gasteiger partial charge in [0.1, 0.15) is 16.4 Å². The number of aryl methyl sites for hydroxylation is 1. The first kappa shape index (κ1) is 16.7. The first-order valence-corrected chi connectivity index (χ1v) is 8.31. The van der Waals surface area contributed by atoms with Crippen LogP contribution < -0.4 is 4.74 Å². The molecule has 8 nitrogen and oxygen atoms in total. The molecule has 0 saturated carbocycles. The molecule has 10 heteroatoms. The summed E-state index contributed by atoms with van der Waals surface area (Å²) in [7, 11) is -7.39. The number of aromatic hydroxyl groups is 1. The number of rotatable bonds is 6.